The van der Waals surface area contributed by atoms with Gasteiger partial charge in [-0.2, -0.15) is 0 Å². The summed E-state index contributed by atoms with van der Waals surface area (Å²) in [5.41, 5.74) is 6.06. The number of carbonyl (C=O) groups is 2. The van der Waals surface area contributed by atoms with Gasteiger partial charge < -0.3 is 60.1 Å². The molecule has 0 radical (unpaired) electrons. The van der Waals surface area contributed by atoms with Crippen LogP contribution in [-0.4, -0.2) is 121 Å². The fourth-order valence-corrected chi connectivity index (χ4v) is 6.39. The van der Waals surface area contributed by atoms with E-state index in [9.17, 15) is 40.2 Å². The maximum absolute atomic E-state index is 12.3. The molecule has 4 rings (SSSR count). The number of aliphatic hydroxyl groups is 5. The van der Waals surface area contributed by atoms with Crippen molar-refractivity contribution in [3.8, 4) is 0 Å². The zero-order chi connectivity index (χ0) is 35.2. The lowest BCUT2D eigenvalue weighted by molar-refractivity contribution is -0.345. The summed E-state index contributed by atoms with van der Waals surface area (Å²) in [6.45, 7) is 4.79. The lowest BCUT2D eigenvalue weighted by Crippen LogP contribution is -2.67. The van der Waals surface area contributed by atoms with Crippen molar-refractivity contribution < 1.29 is 63.9 Å². The van der Waals surface area contributed by atoms with Crippen LogP contribution < -0.4 is 5.73 Å². The number of aliphatic carboxylic acids is 1. The van der Waals surface area contributed by atoms with Crippen LogP contribution in [0.4, 0.5) is 0 Å². The number of epoxide rings is 1. The van der Waals surface area contributed by atoms with Crippen molar-refractivity contribution in [3.05, 3.63) is 60.8 Å². The minimum absolute atomic E-state index is 0.0756. The van der Waals surface area contributed by atoms with Crippen LogP contribution in [0.2, 0.25) is 0 Å². The van der Waals surface area contributed by atoms with Crippen LogP contribution in [0.3, 0.4) is 0 Å². The highest BCUT2D eigenvalue weighted by molar-refractivity contribution is 5.82. The molecule has 14 nitrogen and oxygen atoms in total. The van der Waals surface area contributed by atoms with Crippen molar-refractivity contribution in [3.63, 3.8) is 0 Å². The predicted octanol–water partition coefficient (Wildman–Crippen LogP) is 0.510. The molecule has 3 saturated heterocycles. The zero-order valence-electron chi connectivity index (χ0n) is 27.4. The van der Waals surface area contributed by atoms with Gasteiger partial charge in [-0.3, -0.25) is 4.79 Å². The topological polar surface area (TPSA) is 231 Å². The first-order chi connectivity index (χ1) is 22.6. The Morgan fingerprint density at radius 2 is 1.65 bits per heavy atom. The number of fused-ring (bicyclic) bond motifs is 3. The van der Waals surface area contributed by atoms with Crippen LogP contribution in [0.5, 0.6) is 0 Å². The number of esters is 1. The van der Waals surface area contributed by atoms with Gasteiger partial charge in [0.15, 0.2) is 11.6 Å². The molecule has 2 bridgehead atoms. The second kappa shape index (κ2) is 16.3. The standard InChI is InChI=1S/C34H49NO13/c1-19-11-9-7-5-4-6-8-10-12-22(47-33(3)31(40)29(35)30(39)20(2)46-33)16-26-28(32(41)42)23(37)18-34(43,48-26)17-21(36)15-25-24(45-25)13-14-27(38)44-19/h4-10,12-14,19-26,28-31,36-37,39-40,43H,11,15-18,35H2,1-3H3,(H,41,42)/b5-4+,8-6+,9-7+,12-10+,14-13+/t19-,20-,21+,22+,23+,24-,25+,26+,28-,29+,30-,31+,33+,34-/m1/s1. The fraction of sp³-hybridized carbons (Fsp3) is 0.647. The summed E-state index contributed by atoms with van der Waals surface area (Å²) >= 11 is 0. The van der Waals surface area contributed by atoms with Crippen molar-refractivity contribution in [2.75, 3.05) is 0 Å². The quantitative estimate of drug-likeness (QED) is 0.159. The van der Waals surface area contributed by atoms with E-state index >= 15 is 0 Å². The van der Waals surface area contributed by atoms with Gasteiger partial charge in [-0.15, -0.1) is 0 Å². The average molecular weight is 680 g/mol. The smallest absolute Gasteiger partial charge is 0.330 e. The Morgan fingerprint density at radius 1 is 0.958 bits per heavy atom. The number of hydrogen-bond donors (Lipinski definition) is 7. The molecule has 48 heavy (non-hydrogen) atoms. The molecular formula is C34H49NO13. The number of cyclic esters (lactones) is 1. The van der Waals surface area contributed by atoms with E-state index in [4.69, 9.17) is 29.4 Å². The molecule has 0 aromatic carbocycles. The fourth-order valence-electron chi connectivity index (χ4n) is 6.39. The largest absolute Gasteiger partial charge is 0.481 e. The van der Waals surface area contributed by atoms with Crippen LogP contribution in [0.15, 0.2) is 60.8 Å². The predicted molar refractivity (Wildman–Crippen MR) is 170 cm³/mol. The summed E-state index contributed by atoms with van der Waals surface area (Å²) < 4.78 is 28.9. The second-order valence-electron chi connectivity index (χ2n) is 13.1. The number of carboxylic acid groups (broad SMARTS) is 1. The lowest BCUT2D eigenvalue weighted by Gasteiger charge is -2.48. The van der Waals surface area contributed by atoms with Crippen molar-refractivity contribution in [1.29, 1.82) is 0 Å². The summed E-state index contributed by atoms with van der Waals surface area (Å²) in [5.74, 6) is -7.20. The van der Waals surface area contributed by atoms with Gasteiger partial charge in [0.2, 0.25) is 0 Å². The van der Waals surface area contributed by atoms with Crippen LogP contribution in [0.25, 0.3) is 0 Å². The number of nitrogens with two attached hydrogens (primary N) is 1. The van der Waals surface area contributed by atoms with Crippen molar-refractivity contribution in [2.45, 2.75) is 132 Å². The maximum atomic E-state index is 12.3. The van der Waals surface area contributed by atoms with E-state index in [2.05, 4.69) is 0 Å². The molecule has 0 saturated carbocycles. The highest BCUT2D eigenvalue weighted by atomic mass is 16.7. The van der Waals surface area contributed by atoms with Gasteiger partial charge in [0.1, 0.15) is 24.2 Å². The Kier molecular flexibility index (Phi) is 12.9. The van der Waals surface area contributed by atoms with Crippen molar-refractivity contribution >= 4 is 11.9 Å². The summed E-state index contributed by atoms with van der Waals surface area (Å²) in [7, 11) is 0. The molecular weight excluding hydrogens is 630 g/mol. The van der Waals surface area contributed by atoms with Gasteiger partial charge in [-0.1, -0.05) is 48.6 Å². The molecule has 14 atom stereocenters. The first-order valence-electron chi connectivity index (χ1n) is 16.3. The second-order valence-corrected chi connectivity index (χ2v) is 13.1. The molecule has 4 aliphatic rings. The molecule has 0 amide bonds. The van der Waals surface area contributed by atoms with Crippen LogP contribution in [0, 0.1) is 5.92 Å². The average Bonchev–Trinajstić information content (AvgIpc) is 3.72. The SMILES string of the molecule is C[C@@H]1C/C=C/C=C/C=C/C=C/[C@H](O[C@]2(C)O[C@H](C)[C@@H](O)[C@H](N)[C@@H]2O)C[C@@H]2O[C@](O)(C[C@@H](O)C[C@@H]3O[C@@H]3/C=C/C(=O)O1)C[C@H](O)[C@H]2C(=O)O. The summed E-state index contributed by atoms with van der Waals surface area (Å²) in [5, 5.41) is 64.5. The molecule has 4 heterocycles. The monoisotopic (exact) mass is 679 g/mol. The highest BCUT2D eigenvalue weighted by Gasteiger charge is 2.53. The number of hydrogen-bond acceptors (Lipinski definition) is 13. The van der Waals surface area contributed by atoms with Crippen molar-refractivity contribution in [2.24, 2.45) is 11.7 Å². The maximum Gasteiger partial charge on any atom is 0.330 e. The van der Waals surface area contributed by atoms with Gasteiger partial charge in [-0.25, -0.2) is 4.79 Å². The van der Waals surface area contributed by atoms with Gasteiger partial charge >= 0.3 is 11.9 Å². The Labute approximate surface area is 279 Å². The minimum atomic E-state index is -2.11. The normalized spacial score (nSPS) is 48.1. The summed E-state index contributed by atoms with van der Waals surface area (Å²) in [6, 6.07) is -1.11. The molecule has 0 aromatic heterocycles. The number of carboxylic acids is 1. The molecule has 0 aliphatic carbocycles. The molecule has 268 valence electrons. The van der Waals surface area contributed by atoms with E-state index in [1.807, 2.05) is 6.08 Å². The van der Waals surface area contributed by atoms with E-state index in [-0.39, 0.29) is 25.4 Å². The molecule has 4 aliphatic heterocycles. The van der Waals surface area contributed by atoms with E-state index < -0.39 is 96.8 Å². The van der Waals surface area contributed by atoms with Crippen LogP contribution in [-0.2, 0) is 33.3 Å². The summed E-state index contributed by atoms with van der Waals surface area (Å²) in [4.78, 5) is 24.5. The molecule has 8 N–H and O–H groups in total. The third kappa shape index (κ3) is 10.1. The third-order valence-corrected chi connectivity index (χ3v) is 8.95. The molecule has 14 heteroatoms. The van der Waals surface area contributed by atoms with E-state index in [0.29, 0.717) is 6.42 Å². The Bertz CT molecular complexity index is 1270. The number of ether oxygens (including phenoxy) is 5. The highest BCUT2D eigenvalue weighted by Crippen LogP contribution is 2.40. The third-order valence-electron chi connectivity index (χ3n) is 8.95. The molecule has 0 aromatic rings. The van der Waals surface area contributed by atoms with E-state index in [0.717, 1.165) is 0 Å². The van der Waals surface area contributed by atoms with Gasteiger partial charge in [-0.05, 0) is 26.8 Å². The number of rotatable bonds is 3. The Hall–Kier alpha value is -2.76. The van der Waals surface area contributed by atoms with E-state index in [1.54, 1.807) is 56.4 Å². The van der Waals surface area contributed by atoms with Crippen LogP contribution >= 0.6 is 0 Å². The Morgan fingerprint density at radius 3 is 2.35 bits per heavy atom. The van der Waals surface area contributed by atoms with Gasteiger partial charge in [0.05, 0.1) is 48.8 Å². The first-order valence-corrected chi connectivity index (χ1v) is 16.3. The number of aliphatic hydroxyl groups excluding tert-OH is 4. The summed E-state index contributed by atoms with van der Waals surface area (Å²) in [6.07, 6.45) is 6.36. The van der Waals surface area contributed by atoms with Gasteiger partial charge in [0, 0.05) is 38.2 Å². The lowest BCUT2D eigenvalue weighted by atomic mass is 9.83. The molecule has 0 spiro atoms. The first kappa shape index (κ1) is 38.0. The zero-order valence-corrected chi connectivity index (χ0v) is 27.4. The number of allylic oxidation sites excluding steroid dienone is 6. The van der Waals surface area contributed by atoms with Crippen LogP contribution in [0.1, 0.15) is 52.9 Å². The Balaban J connectivity index is 1.61. The molecule has 3 fully saturated rings. The van der Waals surface area contributed by atoms with Gasteiger partial charge in [0.25, 0.3) is 0 Å². The van der Waals surface area contributed by atoms with Crippen molar-refractivity contribution in [1.82, 2.24) is 0 Å². The number of carbonyl (C=O) groups excluding carboxylic acids is 1. The van der Waals surface area contributed by atoms with E-state index in [1.165, 1.54) is 19.1 Å². The molecule has 0 unspecified atom stereocenters. The minimum Gasteiger partial charge on any atom is -0.481 e.